The molecule has 4 aromatic rings. The number of hydrogen-bond acceptors (Lipinski definition) is 4. The second kappa shape index (κ2) is 7.14. The molecule has 6 heteroatoms. The summed E-state index contributed by atoms with van der Waals surface area (Å²) in [6.07, 6.45) is 7.28. The summed E-state index contributed by atoms with van der Waals surface area (Å²) < 4.78 is 1.74. The largest absolute Gasteiger partial charge is 0.389 e. The summed E-state index contributed by atoms with van der Waals surface area (Å²) in [5.41, 5.74) is 9.04. The quantitative estimate of drug-likeness (QED) is 0.548. The number of aromatic nitrogens is 3. The lowest BCUT2D eigenvalue weighted by molar-refractivity contribution is 0.0577. The van der Waals surface area contributed by atoms with Gasteiger partial charge in [0, 0.05) is 40.7 Å². The smallest absolute Gasteiger partial charge is 0.248 e. The Morgan fingerprint density at radius 2 is 1.76 bits per heavy atom. The highest BCUT2D eigenvalue weighted by molar-refractivity contribution is 6.02. The molecule has 3 N–H and O–H groups in total. The Kier molecular flexibility index (Phi) is 4.64. The molecule has 0 aliphatic carbocycles. The number of nitrogens with zero attached hydrogens (tertiary/aromatic N) is 3. The van der Waals surface area contributed by atoms with Gasteiger partial charge in [-0.15, -0.1) is 0 Å². The zero-order valence-electron chi connectivity index (χ0n) is 16.3. The van der Waals surface area contributed by atoms with Crippen LogP contribution >= 0.6 is 0 Å². The SMILES string of the molecule is CC(C)(O)Cn1cc(-c2ccc(-c3cncc4ccc(C(N)=O)cc34)cc2)cn1. The van der Waals surface area contributed by atoms with Gasteiger partial charge in [-0.05, 0) is 42.5 Å². The molecule has 6 nitrogen and oxygen atoms in total. The van der Waals surface area contributed by atoms with Crippen molar-refractivity contribution in [2.75, 3.05) is 0 Å². The van der Waals surface area contributed by atoms with E-state index in [1.807, 2.05) is 42.6 Å². The number of carbonyl (C=O) groups is 1. The average molecular weight is 386 g/mol. The molecule has 146 valence electrons. The first kappa shape index (κ1) is 18.8. The van der Waals surface area contributed by atoms with E-state index >= 15 is 0 Å². The van der Waals surface area contributed by atoms with Crippen LogP contribution in [-0.4, -0.2) is 31.4 Å². The molecule has 0 aliphatic heterocycles. The molecule has 0 atom stereocenters. The van der Waals surface area contributed by atoms with Crippen molar-refractivity contribution in [2.45, 2.75) is 26.0 Å². The lowest BCUT2D eigenvalue weighted by Gasteiger charge is -2.16. The zero-order valence-corrected chi connectivity index (χ0v) is 16.3. The van der Waals surface area contributed by atoms with Crippen LogP contribution in [0.25, 0.3) is 33.0 Å². The van der Waals surface area contributed by atoms with Gasteiger partial charge in [0.2, 0.25) is 5.91 Å². The summed E-state index contributed by atoms with van der Waals surface area (Å²) in [5, 5.41) is 16.2. The first-order chi connectivity index (χ1) is 13.8. The molecule has 0 aliphatic rings. The Morgan fingerprint density at radius 3 is 2.45 bits per heavy atom. The molecule has 0 bridgehead atoms. The molecular weight excluding hydrogens is 364 g/mol. The Bertz CT molecular complexity index is 1190. The Morgan fingerprint density at radius 1 is 1.03 bits per heavy atom. The lowest BCUT2D eigenvalue weighted by Crippen LogP contribution is -2.26. The fraction of sp³-hybridized carbons (Fsp3) is 0.174. The first-order valence-electron chi connectivity index (χ1n) is 9.33. The second-order valence-electron chi connectivity index (χ2n) is 7.80. The highest BCUT2D eigenvalue weighted by atomic mass is 16.3. The molecule has 0 saturated heterocycles. The molecule has 2 heterocycles. The number of primary amides is 1. The summed E-state index contributed by atoms with van der Waals surface area (Å²) >= 11 is 0. The number of carbonyl (C=O) groups excluding carboxylic acids is 1. The third-order valence-electron chi connectivity index (χ3n) is 4.76. The molecule has 0 saturated carbocycles. The molecule has 2 aromatic carbocycles. The van der Waals surface area contributed by atoms with Crippen LogP contribution in [0.2, 0.25) is 0 Å². The van der Waals surface area contributed by atoms with Crippen LogP contribution in [0.15, 0.2) is 67.3 Å². The number of fused-ring (bicyclic) bond motifs is 1. The molecule has 0 radical (unpaired) electrons. The number of pyridine rings is 1. The van der Waals surface area contributed by atoms with Crippen molar-refractivity contribution in [3.63, 3.8) is 0 Å². The Hall–Kier alpha value is -3.51. The highest BCUT2D eigenvalue weighted by Gasteiger charge is 2.14. The van der Waals surface area contributed by atoms with Crippen LogP contribution in [0, 0.1) is 0 Å². The van der Waals surface area contributed by atoms with Crippen LogP contribution in [0.1, 0.15) is 24.2 Å². The topological polar surface area (TPSA) is 94.0 Å². The molecule has 29 heavy (non-hydrogen) atoms. The van der Waals surface area contributed by atoms with Gasteiger partial charge in [0.1, 0.15) is 0 Å². The number of amides is 1. The van der Waals surface area contributed by atoms with Gasteiger partial charge < -0.3 is 10.8 Å². The van der Waals surface area contributed by atoms with Gasteiger partial charge in [-0.1, -0.05) is 30.3 Å². The summed E-state index contributed by atoms with van der Waals surface area (Å²) in [6.45, 7) is 3.94. The molecule has 0 fully saturated rings. The fourth-order valence-electron chi connectivity index (χ4n) is 3.38. The van der Waals surface area contributed by atoms with Crippen LogP contribution in [0.3, 0.4) is 0 Å². The van der Waals surface area contributed by atoms with Crippen LogP contribution < -0.4 is 5.73 Å². The number of benzene rings is 2. The maximum Gasteiger partial charge on any atom is 0.248 e. The monoisotopic (exact) mass is 386 g/mol. The van der Waals surface area contributed by atoms with Gasteiger partial charge in [0.15, 0.2) is 0 Å². The maximum absolute atomic E-state index is 11.6. The van der Waals surface area contributed by atoms with E-state index in [0.29, 0.717) is 12.1 Å². The summed E-state index contributed by atoms with van der Waals surface area (Å²) in [5.74, 6) is -0.451. The minimum atomic E-state index is -0.821. The minimum Gasteiger partial charge on any atom is -0.389 e. The minimum absolute atomic E-state index is 0.426. The Balaban J connectivity index is 1.68. The van der Waals surface area contributed by atoms with Crippen molar-refractivity contribution >= 4 is 16.7 Å². The number of aliphatic hydroxyl groups is 1. The summed E-state index contributed by atoms with van der Waals surface area (Å²) in [6, 6.07) is 13.5. The molecule has 0 unspecified atom stereocenters. The van der Waals surface area contributed by atoms with E-state index in [1.54, 1.807) is 43.2 Å². The van der Waals surface area contributed by atoms with E-state index in [0.717, 1.165) is 33.0 Å². The van der Waals surface area contributed by atoms with Crippen molar-refractivity contribution in [1.29, 1.82) is 0 Å². The van der Waals surface area contributed by atoms with Gasteiger partial charge in [-0.2, -0.15) is 5.10 Å². The molecular formula is C23H22N4O2. The Labute approximate surface area is 168 Å². The third kappa shape index (κ3) is 4.02. The zero-order chi connectivity index (χ0) is 20.6. The lowest BCUT2D eigenvalue weighted by atomic mass is 9.97. The van der Waals surface area contributed by atoms with Crippen LogP contribution in [0.4, 0.5) is 0 Å². The van der Waals surface area contributed by atoms with Gasteiger partial charge >= 0.3 is 0 Å². The highest BCUT2D eigenvalue weighted by Crippen LogP contribution is 2.30. The van der Waals surface area contributed by atoms with Gasteiger partial charge in [-0.3, -0.25) is 14.5 Å². The van der Waals surface area contributed by atoms with Gasteiger partial charge in [0.05, 0.1) is 18.3 Å². The summed E-state index contributed by atoms with van der Waals surface area (Å²) in [7, 11) is 0. The summed E-state index contributed by atoms with van der Waals surface area (Å²) in [4.78, 5) is 15.9. The van der Waals surface area contributed by atoms with E-state index in [-0.39, 0.29) is 0 Å². The van der Waals surface area contributed by atoms with E-state index in [9.17, 15) is 9.90 Å². The van der Waals surface area contributed by atoms with Gasteiger partial charge in [-0.25, -0.2) is 0 Å². The molecule has 1 amide bonds. The number of hydrogen-bond donors (Lipinski definition) is 2. The van der Waals surface area contributed by atoms with E-state index < -0.39 is 11.5 Å². The first-order valence-corrected chi connectivity index (χ1v) is 9.33. The van der Waals surface area contributed by atoms with Crippen molar-refractivity contribution < 1.29 is 9.90 Å². The molecule has 4 rings (SSSR count). The third-order valence-corrected chi connectivity index (χ3v) is 4.76. The fourth-order valence-corrected chi connectivity index (χ4v) is 3.38. The maximum atomic E-state index is 11.6. The normalized spacial score (nSPS) is 11.7. The van der Waals surface area contributed by atoms with Crippen molar-refractivity contribution in [3.05, 3.63) is 72.8 Å². The average Bonchev–Trinajstić information content (AvgIpc) is 3.14. The van der Waals surface area contributed by atoms with E-state index in [4.69, 9.17) is 5.73 Å². The number of nitrogens with two attached hydrogens (primary N) is 1. The predicted octanol–water partition coefficient (Wildman–Crippen LogP) is 3.64. The van der Waals surface area contributed by atoms with Crippen molar-refractivity contribution in [1.82, 2.24) is 14.8 Å². The van der Waals surface area contributed by atoms with E-state index in [1.165, 1.54) is 0 Å². The number of rotatable bonds is 5. The molecule has 0 spiro atoms. The predicted molar refractivity (Wildman–Crippen MR) is 113 cm³/mol. The van der Waals surface area contributed by atoms with E-state index in [2.05, 4.69) is 10.1 Å². The van der Waals surface area contributed by atoms with Gasteiger partial charge in [0.25, 0.3) is 0 Å². The van der Waals surface area contributed by atoms with Crippen LogP contribution in [0.5, 0.6) is 0 Å². The van der Waals surface area contributed by atoms with Crippen molar-refractivity contribution in [3.8, 4) is 22.3 Å². The standard InChI is InChI=1S/C23H22N4O2/c1-23(2,29)14-27-13-19(11-26-27)15-3-5-16(6-4-15)21-12-25-10-18-8-7-17(22(24)28)9-20(18)21/h3-13,29H,14H2,1-2H3,(H2,24,28). The molecule has 2 aromatic heterocycles. The second-order valence-corrected chi connectivity index (χ2v) is 7.80. The van der Waals surface area contributed by atoms with Crippen molar-refractivity contribution in [2.24, 2.45) is 5.73 Å². The van der Waals surface area contributed by atoms with Crippen LogP contribution in [-0.2, 0) is 6.54 Å².